The minimum Gasteiger partial charge on any atom is -0.493 e. The van der Waals surface area contributed by atoms with Crippen molar-refractivity contribution in [3.8, 4) is 11.5 Å². The SMILES string of the molecule is CCOc1cc(C(=O)N(C)C(C)c2ccccc2)c([N+](=O)[O-])cc1OC. The van der Waals surface area contributed by atoms with E-state index in [0.29, 0.717) is 12.4 Å². The number of nitro benzene ring substituents is 1. The van der Waals surface area contributed by atoms with Crippen molar-refractivity contribution in [2.24, 2.45) is 0 Å². The molecular formula is C19H22N2O5. The Bertz CT molecular complexity index is 792. The van der Waals surface area contributed by atoms with Crippen LogP contribution in [0.3, 0.4) is 0 Å². The maximum atomic E-state index is 13.0. The lowest BCUT2D eigenvalue weighted by Crippen LogP contribution is -2.30. The average Bonchev–Trinajstić information content (AvgIpc) is 2.66. The number of benzene rings is 2. The van der Waals surface area contributed by atoms with Gasteiger partial charge < -0.3 is 14.4 Å². The fourth-order valence-corrected chi connectivity index (χ4v) is 2.62. The zero-order chi connectivity index (χ0) is 19.3. The molecule has 0 aromatic heterocycles. The van der Waals surface area contributed by atoms with Crippen LogP contribution in [0.5, 0.6) is 11.5 Å². The van der Waals surface area contributed by atoms with E-state index >= 15 is 0 Å². The number of nitro groups is 1. The number of methoxy groups -OCH3 is 1. The molecule has 0 aliphatic carbocycles. The van der Waals surface area contributed by atoms with Gasteiger partial charge in [-0.2, -0.15) is 0 Å². The zero-order valence-electron chi connectivity index (χ0n) is 15.3. The maximum absolute atomic E-state index is 13.0. The molecule has 0 N–H and O–H groups in total. The molecule has 0 bridgehead atoms. The van der Waals surface area contributed by atoms with Gasteiger partial charge in [-0.15, -0.1) is 0 Å². The lowest BCUT2D eigenvalue weighted by atomic mass is 10.1. The van der Waals surface area contributed by atoms with Crippen LogP contribution in [-0.2, 0) is 0 Å². The first-order valence-corrected chi connectivity index (χ1v) is 8.22. The van der Waals surface area contributed by atoms with Crippen LogP contribution in [0.15, 0.2) is 42.5 Å². The summed E-state index contributed by atoms with van der Waals surface area (Å²) in [5.74, 6) is 0.0511. The van der Waals surface area contributed by atoms with Gasteiger partial charge in [0.15, 0.2) is 11.5 Å². The number of rotatable bonds is 7. The summed E-state index contributed by atoms with van der Waals surface area (Å²) in [6, 6.07) is 11.8. The third kappa shape index (κ3) is 3.93. The fourth-order valence-electron chi connectivity index (χ4n) is 2.62. The standard InChI is InChI=1S/C19H22N2O5/c1-5-26-18-11-15(16(21(23)24)12-17(18)25-4)19(22)20(3)13(2)14-9-7-6-8-10-14/h6-13H,5H2,1-4H3. The predicted molar refractivity (Wildman–Crippen MR) is 97.8 cm³/mol. The number of nitrogens with zero attached hydrogens (tertiary/aromatic N) is 2. The van der Waals surface area contributed by atoms with E-state index in [-0.39, 0.29) is 23.0 Å². The Morgan fingerprint density at radius 3 is 2.42 bits per heavy atom. The van der Waals surface area contributed by atoms with Crippen LogP contribution in [0.25, 0.3) is 0 Å². The Labute approximate surface area is 152 Å². The number of carbonyl (C=O) groups excluding carboxylic acids is 1. The molecule has 0 saturated carbocycles. The van der Waals surface area contributed by atoms with Crippen LogP contribution in [0.1, 0.15) is 35.8 Å². The van der Waals surface area contributed by atoms with E-state index in [1.54, 1.807) is 14.0 Å². The minimum atomic E-state index is -0.591. The van der Waals surface area contributed by atoms with Crippen LogP contribution in [0, 0.1) is 10.1 Å². The lowest BCUT2D eigenvalue weighted by Gasteiger charge is -2.25. The second kappa shape index (κ2) is 8.33. The number of carbonyl (C=O) groups is 1. The van der Waals surface area contributed by atoms with Crippen LogP contribution < -0.4 is 9.47 Å². The molecule has 0 aliphatic heterocycles. The molecular weight excluding hydrogens is 336 g/mol. The van der Waals surface area contributed by atoms with Gasteiger partial charge in [-0.1, -0.05) is 30.3 Å². The van der Waals surface area contributed by atoms with Gasteiger partial charge in [-0.05, 0) is 19.4 Å². The van der Waals surface area contributed by atoms with E-state index in [0.717, 1.165) is 5.56 Å². The van der Waals surface area contributed by atoms with Crippen LogP contribution in [0.2, 0.25) is 0 Å². The fraction of sp³-hybridized carbons (Fsp3) is 0.316. The smallest absolute Gasteiger partial charge is 0.286 e. The molecule has 26 heavy (non-hydrogen) atoms. The van der Waals surface area contributed by atoms with Crippen molar-refractivity contribution in [3.05, 3.63) is 63.7 Å². The summed E-state index contributed by atoms with van der Waals surface area (Å²) in [5.41, 5.74) is 0.580. The number of hydrogen-bond donors (Lipinski definition) is 0. The molecule has 7 heteroatoms. The second-order valence-electron chi connectivity index (χ2n) is 5.71. The zero-order valence-corrected chi connectivity index (χ0v) is 15.3. The number of amides is 1. The molecule has 2 aromatic rings. The van der Waals surface area contributed by atoms with Crippen molar-refractivity contribution in [2.75, 3.05) is 20.8 Å². The van der Waals surface area contributed by atoms with Crippen molar-refractivity contribution in [3.63, 3.8) is 0 Å². The molecule has 0 fully saturated rings. The van der Waals surface area contributed by atoms with E-state index in [1.807, 2.05) is 37.3 Å². The van der Waals surface area contributed by atoms with Crippen molar-refractivity contribution < 1.29 is 19.2 Å². The Morgan fingerprint density at radius 2 is 1.88 bits per heavy atom. The molecule has 7 nitrogen and oxygen atoms in total. The first-order chi connectivity index (χ1) is 12.4. The largest absolute Gasteiger partial charge is 0.493 e. The number of hydrogen-bond acceptors (Lipinski definition) is 5. The molecule has 138 valence electrons. The first kappa shape index (κ1) is 19.2. The van der Waals surface area contributed by atoms with Crippen molar-refractivity contribution in [2.45, 2.75) is 19.9 Å². The highest BCUT2D eigenvalue weighted by Crippen LogP contribution is 2.36. The normalized spacial score (nSPS) is 11.5. The summed E-state index contributed by atoms with van der Waals surface area (Å²) < 4.78 is 10.6. The summed E-state index contributed by atoms with van der Waals surface area (Å²) in [6.07, 6.45) is 0. The van der Waals surface area contributed by atoms with Crippen molar-refractivity contribution in [1.82, 2.24) is 4.90 Å². The van der Waals surface area contributed by atoms with Crippen molar-refractivity contribution >= 4 is 11.6 Å². The minimum absolute atomic E-state index is 0.0375. The van der Waals surface area contributed by atoms with E-state index < -0.39 is 10.8 Å². The summed E-state index contributed by atoms with van der Waals surface area (Å²) >= 11 is 0. The topological polar surface area (TPSA) is 81.9 Å². The van der Waals surface area contributed by atoms with Crippen LogP contribution in [0.4, 0.5) is 5.69 Å². The van der Waals surface area contributed by atoms with Gasteiger partial charge in [0.1, 0.15) is 5.56 Å². The van der Waals surface area contributed by atoms with Crippen LogP contribution in [-0.4, -0.2) is 36.5 Å². The highest BCUT2D eigenvalue weighted by atomic mass is 16.6. The van der Waals surface area contributed by atoms with Gasteiger partial charge in [0, 0.05) is 13.1 Å². The van der Waals surface area contributed by atoms with E-state index in [4.69, 9.17) is 9.47 Å². The van der Waals surface area contributed by atoms with E-state index in [9.17, 15) is 14.9 Å². The molecule has 0 spiro atoms. The van der Waals surface area contributed by atoms with E-state index in [1.165, 1.54) is 24.1 Å². The maximum Gasteiger partial charge on any atom is 0.286 e. The Balaban J connectivity index is 2.46. The molecule has 2 rings (SSSR count). The molecule has 0 saturated heterocycles. The summed E-state index contributed by atoms with van der Waals surface area (Å²) in [6.45, 7) is 4.00. The summed E-state index contributed by atoms with van der Waals surface area (Å²) in [5, 5.41) is 11.5. The third-order valence-corrected chi connectivity index (χ3v) is 4.19. The van der Waals surface area contributed by atoms with E-state index in [2.05, 4.69) is 0 Å². The monoisotopic (exact) mass is 358 g/mol. The van der Waals surface area contributed by atoms with Gasteiger partial charge in [0.05, 0.1) is 30.7 Å². The predicted octanol–water partition coefficient (Wildman–Crippen LogP) is 3.84. The molecule has 2 aromatic carbocycles. The summed E-state index contributed by atoms with van der Waals surface area (Å²) in [7, 11) is 3.01. The third-order valence-electron chi connectivity index (χ3n) is 4.19. The molecule has 1 amide bonds. The Hall–Kier alpha value is -3.09. The molecule has 1 unspecified atom stereocenters. The van der Waals surface area contributed by atoms with Crippen LogP contribution >= 0.6 is 0 Å². The number of ether oxygens (including phenoxy) is 2. The van der Waals surface area contributed by atoms with Crippen molar-refractivity contribution in [1.29, 1.82) is 0 Å². The lowest BCUT2D eigenvalue weighted by molar-refractivity contribution is -0.385. The second-order valence-corrected chi connectivity index (χ2v) is 5.71. The Kier molecular flexibility index (Phi) is 6.16. The van der Waals surface area contributed by atoms with Gasteiger partial charge in [0.25, 0.3) is 11.6 Å². The quantitative estimate of drug-likeness (QED) is 0.555. The Morgan fingerprint density at radius 1 is 1.23 bits per heavy atom. The summed E-state index contributed by atoms with van der Waals surface area (Å²) in [4.78, 5) is 25.3. The average molecular weight is 358 g/mol. The molecule has 0 aliphatic rings. The first-order valence-electron chi connectivity index (χ1n) is 8.22. The van der Waals surface area contributed by atoms with Gasteiger partial charge >= 0.3 is 0 Å². The molecule has 1 atom stereocenters. The highest BCUT2D eigenvalue weighted by Gasteiger charge is 2.28. The van der Waals surface area contributed by atoms with Gasteiger partial charge in [0.2, 0.25) is 0 Å². The molecule has 0 heterocycles. The van der Waals surface area contributed by atoms with Gasteiger partial charge in [-0.3, -0.25) is 14.9 Å². The highest BCUT2D eigenvalue weighted by molar-refractivity contribution is 5.99. The van der Waals surface area contributed by atoms with Gasteiger partial charge in [-0.25, -0.2) is 0 Å². The molecule has 0 radical (unpaired) electrons.